The largest absolute Gasteiger partial charge is 0.367 e. The predicted octanol–water partition coefficient (Wildman–Crippen LogP) is 1.09. The monoisotopic (exact) mass is 246 g/mol. The fourth-order valence-corrected chi connectivity index (χ4v) is 2.44. The number of hydrogen-bond donors (Lipinski definition) is 1. The van der Waals surface area contributed by atoms with Crippen LogP contribution in [0.4, 0.5) is 5.69 Å². The van der Waals surface area contributed by atoms with E-state index in [0.717, 1.165) is 38.8 Å². The zero-order chi connectivity index (χ0) is 12.4. The minimum atomic E-state index is 0.763. The van der Waals surface area contributed by atoms with Gasteiger partial charge in [-0.05, 0) is 31.5 Å². The molecule has 0 spiro atoms. The summed E-state index contributed by atoms with van der Waals surface area (Å²) in [5.74, 6) is 0. The molecule has 1 saturated carbocycles. The molecule has 2 heterocycles. The fourth-order valence-electron chi connectivity index (χ4n) is 2.44. The maximum atomic E-state index is 4.30. The van der Waals surface area contributed by atoms with E-state index in [0.29, 0.717) is 0 Å². The van der Waals surface area contributed by atoms with E-state index < -0.39 is 0 Å². The van der Waals surface area contributed by atoms with Crippen LogP contribution < -0.4 is 10.2 Å². The van der Waals surface area contributed by atoms with Crippen LogP contribution in [0.5, 0.6) is 0 Å². The van der Waals surface area contributed by atoms with Gasteiger partial charge in [-0.1, -0.05) is 0 Å². The maximum absolute atomic E-state index is 4.30. The van der Waals surface area contributed by atoms with Crippen LogP contribution in [0.1, 0.15) is 18.4 Å². The second kappa shape index (κ2) is 5.24. The van der Waals surface area contributed by atoms with Gasteiger partial charge in [0.05, 0.1) is 11.9 Å². The zero-order valence-electron chi connectivity index (χ0n) is 11.1. The van der Waals surface area contributed by atoms with Crippen LogP contribution in [-0.4, -0.2) is 49.2 Å². The Balaban J connectivity index is 1.69. The van der Waals surface area contributed by atoms with Crippen molar-refractivity contribution in [1.29, 1.82) is 0 Å². The van der Waals surface area contributed by atoms with Crippen LogP contribution in [0.2, 0.25) is 0 Å². The van der Waals surface area contributed by atoms with Gasteiger partial charge < -0.3 is 15.1 Å². The number of rotatable bonds is 4. The average Bonchev–Trinajstić information content (AvgIpc) is 3.22. The summed E-state index contributed by atoms with van der Waals surface area (Å²) in [6.45, 7) is 5.49. The molecule has 2 aliphatic rings. The van der Waals surface area contributed by atoms with E-state index in [1.807, 2.05) is 12.4 Å². The summed E-state index contributed by atoms with van der Waals surface area (Å²) >= 11 is 0. The summed E-state index contributed by atoms with van der Waals surface area (Å²) in [4.78, 5) is 9.15. The van der Waals surface area contributed by atoms with Gasteiger partial charge in [0.2, 0.25) is 0 Å². The number of nitrogens with one attached hydrogen (secondary N) is 1. The van der Waals surface area contributed by atoms with Gasteiger partial charge in [0.15, 0.2) is 0 Å². The molecule has 1 aliphatic heterocycles. The van der Waals surface area contributed by atoms with Crippen molar-refractivity contribution in [3.8, 4) is 0 Å². The third kappa shape index (κ3) is 2.82. The lowest BCUT2D eigenvalue weighted by Crippen LogP contribution is -2.45. The minimum Gasteiger partial charge on any atom is -0.367 e. The predicted molar refractivity (Wildman–Crippen MR) is 73.8 cm³/mol. The molecule has 0 atom stereocenters. The summed E-state index contributed by atoms with van der Waals surface area (Å²) in [5, 5.41) is 3.60. The Morgan fingerprint density at radius 1 is 1.28 bits per heavy atom. The quantitative estimate of drug-likeness (QED) is 0.861. The van der Waals surface area contributed by atoms with Crippen molar-refractivity contribution >= 4 is 5.69 Å². The van der Waals surface area contributed by atoms with Crippen LogP contribution in [-0.2, 0) is 6.54 Å². The summed E-state index contributed by atoms with van der Waals surface area (Å²) in [7, 11) is 2.19. The number of piperazine rings is 1. The molecule has 3 rings (SSSR count). The smallest absolute Gasteiger partial charge is 0.0599 e. The molecule has 0 bridgehead atoms. The highest BCUT2D eigenvalue weighted by molar-refractivity contribution is 5.52. The van der Waals surface area contributed by atoms with Gasteiger partial charge in [-0.2, -0.15) is 0 Å². The number of nitrogens with zero attached hydrogens (tertiary/aromatic N) is 3. The van der Waals surface area contributed by atoms with Gasteiger partial charge >= 0.3 is 0 Å². The topological polar surface area (TPSA) is 31.4 Å². The molecule has 98 valence electrons. The molecule has 2 fully saturated rings. The second-order valence-electron chi connectivity index (χ2n) is 5.45. The summed E-state index contributed by atoms with van der Waals surface area (Å²) in [5.41, 5.74) is 2.71. The molecular weight excluding hydrogens is 224 g/mol. The molecule has 1 saturated heterocycles. The van der Waals surface area contributed by atoms with Gasteiger partial charge in [-0.3, -0.25) is 4.98 Å². The molecule has 4 heteroatoms. The van der Waals surface area contributed by atoms with E-state index in [9.17, 15) is 0 Å². The summed E-state index contributed by atoms with van der Waals surface area (Å²) in [6.07, 6.45) is 6.61. The highest BCUT2D eigenvalue weighted by Gasteiger charge is 2.22. The van der Waals surface area contributed by atoms with Gasteiger partial charge in [-0.15, -0.1) is 0 Å². The molecule has 1 aliphatic carbocycles. The standard InChI is InChI=1S/C14H22N4/c1-17-6-8-18(9-7-17)14-11-15-5-4-12(14)10-16-13-2-3-13/h4-5,11,13,16H,2-3,6-10H2,1H3. The van der Waals surface area contributed by atoms with Gasteiger partial charge in [-0.25, -0.2) is 0 Å². The van der Waals surface area contributed by atoms with Crippen LogP contribution in [0.25, 0.3) is 0 Å². The van der Waals surface area contributed by atoms with Crippen LogP contribution in [0.15, 0.2) is 18.5 Å². The van der Waals surface area contributed by atoms with E-state index in [4.69, 9.17) is 0 Å². The van der Waals surface area contributed by atoms with Crippen LogP contribution in [0, 0.1) is 0 Å². The molecule has 18 heavy (non-hydrogen) atoms. The van der Waals surface area contributed by atoms with Crippen molar-refractivity contribution in [3.05, 3.63) is 24.0 Å². The summed E-state index contributed by atoms with van der Waals surface area (Å²) < 4.78 is 0. The van der Waals surface area contributed by atoms with Crippen LogP contribution in [0.3, 0.4) is 0 Å². The van der Waals surface area contributed by atoms with Crippen LogP contribution >= 0.6 is 0 Å². The maximum Gasteiger partial charge on any atom is 0.0599 e. The third-order valence-electron chi connectivity index (χ3n) is 3.89. The van der Waals surface area contributed by atoms with E-state index in [-0.39, 0.29) is 0 Å². The first kappa shape index (κ1) is 11.9. The normalized spacial score (nSPS) is 21.3. The number of likely N-dealkylation sites (N-methyl/N-ethyl adjacent to an activating group) is 1. The molecule has 4 nitrogen and oxygen atoms in total. The first-order valence-corrected chi connectivity index (χ1v) is 6.93. The van der Waals surface area contributed by atoms with Gasteiger partial charge in [0.25, 0.3) is 0 Å². The Labute approximate surface area is 109 Å². The first-order chi connectivity index (χ1) is 8.83. The Hall–Kier alpha value is -1.13. The Bertz CT molecular complexity index is 395. The molecule has 0 unspecified atom stereocenters. The van der Waals surface area contributed by atoms with E-state index >= 15 is 0 Å². The Morgan fingerprint density at radius 2 is 2.06 bits per heavy atom. The number of hydrogen-bond acceptors (Lipinski definition) is 4. The molecular formula is C14H22N4. The van der Waals surface area contributed by atoms with Crippen molar-refractivity contribution in [2.45, 2.75) is 25.4 Å². The SMILES string of the molecule is CN1CCN(c2cnccc2CNC2CC2)CC1. The van der Waals surface area contributed by atoms with Crippen molar-refractivity contribution in [2.24, 2.45) is 0 Å². The fraction of sp³-hybridized carbons (Fsp3) is 0.643. The minimum absolute atomic E-state index is 0.763. The lowest BCUT2D eigenvalue weighted by atomic mass is 10.2. The molecule has 1 N–H and O–H groups in total. The van der Waals surface area contributed by atoms with Crippen molar-refractivity contribution in [1.82, 2.24) is 15.2 Å². The van der Waals surface area contributed by atoms with Crippen molar-refractivity contribution in [2.75, 3.05) is 38.1 Å². The molecule has 1 aromatic rings. The van der Waals surface area contributed by atoms with E-state index in [1.54, 1.807) is 0 Å². The number of pyridine rings is 1. The molecule has 1 aromatic heterocycles. The van der Waals surface area contributed by atoms with Crippen molar-refractivity contribution < 1.29 is 0 Å². The Morgan fingerprint density at radius 3 is 2.78 bits per heavy atom. The lowest BCUT2D eigenvalue weighted by Gasteiger charge is -2.35. The highest BCUT2D eigenvalue weighted by atomic mass is 15.3. The van der Waals surface area contributed by atoms with E-state index in [1.165, 1.54) is 24.1 Å². The average molecular weight is 246 g/mol. The van der Waals surface area contributed by atoms with Gasteiger partial charge in [0.1, 0.15) is 0 Å². The van der Waals surface area contributed by atoms with Crippen molar-refractivity contribution in [3.63, 3.8) is 0 Å². The third-order valence-corrected chi connectivity index (χ3v) is 3.89. The second-order valence-corrected chi connectivity index (χ2v) is 5.45. The highest BCUT2D eigenvalue weighted by Crippen LogP contribution is 2.23. The summed E-state index contributed by atoms with van der Waals surface area (Å²) in [6, 6.07) is 2.92. The number of aromatic nitrogens is 1. The lowest BCUT2D eigenvalue weighted by molar-refractivity contribution is 0.312. The zero-order valence-corrected chi connectivity index (χ0v) is 11.1. The first-order valence-electron chi connectivity index (χ1n) is 6.93. The number of anilines is 1. The molecule has 0 aromatic carbocycles. The molecule has 0 radical (unpaired) electrons. The molecule has 0 amide bonds. The van der Waals surface area contributed by atoms with Gasteiger partial charge in [0, 0.05) is 45.0 Å². The van der Waals surface area contributed by atoms with E-state index in [2.05, 4.69) is 33.2 Å². The Kier molecular flexibility index (Phi) is 3.48.